The molecule has 2 unspecified atom stereocenters. The van der Waals surface area contributed by atoms with Gasteiger partial charge in [-0.2, -0.15) is 11.8 Å². The Morgan fingerprint density at radius 3 is 2.58 bits per heavy atom. The minimum Gasteiger partial charge on any atom is -0.392 e. The van der Waals surface area contributed by atoms with Crippen LogP contribution >= 0.6 is 11.8 Å². The standard InChI is InChI=1S/C8H19NO2S/c1-7(10)4-9-5-8(2,11)6-12-3/h7,9-11H,4-6H2,1-3H3. The molecule has 0 aromatic carbocycles. The van der Waals surface area contributed by atoms with Crippen LogP contribution in [0.3, 0.4) is 0 Å². The summed E-state index contributed by atoms with van der Waals surface area (Å²) in [5, 5.41) is 21.6. The predicted octanol–water partition coefficient (Wildman–Crippen LogP) is 0.0708. The molecule has 0 aromatic heterocycles. The van der Waals surface area contributed by atoms with Gasteiger partial charge in [0.15, 0.2) is 0 Å². The van der Waals surface area contributed by atoms with Crippen molar-refractivity contribution in [3.05, 3.63) is 0 Å². The van der Waals surface area contributed by atoms with Crippen LogP contribution in [-0.2, 0) is 0 Å². The zero-order chi connectivity index (χ0) is 9.61. The number of hydrogen-bond donors (Lipinski definition) is 3. The molecule has 3 nitrogen and oxygen atoms in total. The van der Waals surface area contributed by atoms with Gasteiger partial charge in [0.05, 0.1) is 11.7 Å². The van der Waals surface area contributed by atoms with Crippen molar-refractivity contribution in [2.75, 3.05) is 25.1 Å². The van der Waals surface area contributed by atoms with Crippen LogP contribution in [0, 0.1) is 0 Å². The van der Waals surface area contributed by atoms with Crippen molar-refractivity contribution in [1.29, 1.82) is 0 Å². The van der Waals surface area contributed by atoms with Gasteiger partial charge in [-0.25, -0.2) is 0 Å². The Morgan fingerprint density at radius 1 is 1.58 bits per heavy atom. The molecule has 0 aliphatic carbocycles. The molecule has 0 saturated heterocycles. The van der Waals surface area contributed by atoms with E-state index in [2.05, 4.69) is 5.32 Å². The quantitative estimate of drug-likeness (QED) is 0.559. The van der Waals surface area contributed by atoms with Crippen molar-refractivity contribution in [1.82, 2.24) is 5.32 Å². The molecule has 3 N–H and O–H groups in total. The van der Waals surface area contributed by atoms with Crippen molar-refractivity contribution >= 4 is 11.8 Å². The fourth-order valence-electron chi connectivity index (χ4n) is 0.912. The van der Waals surface area contributed by atoms with Crippen LogP contribution in [0.15, 0.2) is 0 Å². The first kappa shape index (κ1) is 12.2. The van der Waals surface area contributed by atoms with Gasteiger partial charge < -0.3 is 15.5 Å². The van der Waals surface area contributed by atoms with Crippen LogP contribution in [0.4, 0.5) is 0 Å². The van der Waals surface area contributed by atoms with E-state index in [1.807, 2.05) is 6.26 Å². The van der Waals surface area contributed by atoms with Crippen molar-refractivity contribution in [3.63, 3.8) is 0 Å². The summed E-state index contributed by atoms with van der Waals surface area (Å²) in [5.74, 6) is 0.708. The molecule has 0 fully saturated rings. The molecule has 0 heterocycles. The van der Waals surface area contributed by atoms with Crippen LogP contribution in [0.25, 0.3) is 0 Å². The number of aliphatic hydroxyl groups excluding tert-OH is 1. The minimum absolute atomic E-state index is 0.352. The summed E-state index contributed by atoms with van der Waals surface area (Å²) in [4.78, 5) is 0. The lowest BCUT2D eigenvalue weighted by Gasteiger charge is -2.22. The minimum atomic E-state index is -0.672. The number of aliphatic hydroxyl groups is 2. The number of thioether (sulfide) groups is 1. The van der Waals surface area contributed by atoms with E-state index in [9.17, 15) is 5.11 Å². The van der Waals surface area contributed by atoms with Gasteiger partial charge in [-0.1, -0.05) is 0 Å². The van der Waals surface area contributed by atoms with Crippen LogP contribution in [0.2, 0.25) is 0 Å². The maximum absolute atomic E-state index is 9.66. The van der Waals surface area contributed by atoms with Crippen molar-refractivity contribution in [2.24, 2.45) is 0 Å². The fourth-order valence-corrected chi connectivity index (χ4v) is 1.64. The van der Waals surface area contributed by atoms with Gasteiger partial charge in [-0.15, -0.1) is 0 Å². The average molecular weight is 193 g/mol. The summed E-state index contributed by atoms with van der Waals surface area (Å²) in [7, 11) is 0. The molecule has 0 aliphatic heterocycles. The highest BCUT2D eigenvalue weighted by Gasteiger charge is 2.18. The zero-order valence-electron chi connectivity index (χ0n) is 8.00. The Morgan fingerprint density at radius 2 is 2.17 bits per heavy atom. The van der Waals surface area contributed by atoms with Gasteiger partial charge in [0.25, 0.3) is 0 Å². The topological polar surface area (TPSA) is 52.5 Å². The van der Waals surface area contributed by atoms with Gasteiger partial charge in [0.2, 0.25) is 0 Å². The van der Waals surface area contributed by atoms with E-state index >= 15 is 0 Å². The van der Waals surface area contributed by atoms with Crippen LogP contribution < -0.4 is 5.32 Å². The van der Waals surface area contributed by atoms with E-state index in [0.29, 0.717) is 18.8 Å². The van der Waals surface area contributed by atoms with Gasteiger partial charge in [-0.3, -0.25) is 0 Å². The third-order valence-corrected chi connectivity index (χ3v) is 2.31. The van der Waals surface area contributed by atoms with Crippen LogP contribution in [0.1, 0.15) is 13.8 Å². The average Bonchev–Trinajstić information content (AvgIpc) is 1.85. The molecule has 12 heavy (non-hydrogen) atoms. The van der Waals surface area contributed by atoms with Gasteiger partial charge in [-0.05, 0) is 20.1 Å². The van der Waals surface area contributed by atoms with Crippen molar-refractivity contribution < 1.29 is 10.2 Å². The van der Waals surface area contributed by atoms with E-state index in [-0.39, 0.29) is 6.10 Å². The molecule has 0 bridgehead atoms. The van der Waals surface area contributed by atoms with Crippen LogP contribution in [-0.4, -0.2) is 47.0 Å². The third kappa shape index (κ3) is 6.91. The summed E-state index contributed by atoms with van der Waals surface area (Å²) in [5.41, 5.74) is -0.672. The Kier molecular flexibility index (Phi) is 5.92. The first-order valence-corrected chi connectivity index (χ1v) is 5.47. The van der Waals surface area contributed by atoms with E-state index in [0.717, 1.165) is 0 Å². The summed E-state index contributed by atoms with van der Waals surface area (Å²) in [6, 6.07) is 0. The second-order valence-corrected chi connectivity index (χ2v) is 4.28. The first-order chi connectivity index (χ1) is 5.48. The second-order valence-electron chi connectivity index (χ2n) is 3.41. The molecular formula is C8H19NO2S. The van der Waals surface area contributed by atoms with E-state index in [4.69, 9.17) is 5.11 Å². The lowest BCUT2D eigenvalue weighted by atomic mass is 10.1. The molecule has 74 valence electrons. The maximum Gasteiger partial charge on any atom is 0.0833 e. The first-order valence-electron chi connectivity index (χ1n) is 4.08. The molecular weight excluding hydrogens is 174 g/mol. The van der Waals surface area contributed by atoms with Gasteiger partial charge in [0, 0.05) is 18.8 Å². The third-order valence-electron chi connectivity index (χ3n) is 1.40. The fraction of sp³-hybridized carbons (Fsp3) is 1.00. The summed E-state index contributed by atoms with van der Waals surface area (Å²) in [6.07, 6.45) is 1.61. The van der Waals surface area contributed by atoms with Crippen molar-refractivity contribution in [3.8, 4) is 0 Å². The van der Waals surface area contributed by atoms with Gasteiger partial charge >= 0.3 is 0 Å². The predicted molar refractivity (Wildman–Crippen MR) is 53.6 cm³/mol. The monoisotopic (exact) mass is 193 g/mol. The summed E-state index contributed by atoms with van der Waals surface area (Å²) < 4.78 is 0. The Balaban J connectivity index is 3.46. The largest absolute Gasteiger partial charge is 0.392 e. The molecule has 0 amide bonds. The maximum atomic E-state index is 9.66. The zero-order valence-corrected chi connectivity index (χ0v) is 8.82. The normalized spacial score (nSPS) is 18.8. The number of rotatable bonds is 6. The lowest BCUT2D eigenvalue weighted by Crippen LogP contribution is -2.42. The molecule has 0 aliphatic rings. The molecule has 0 saturated carbocycles. The molecule has 4 heteroatoms. The Bertz CT molecular complexity index is 118. The molecule has 0 aromatic rings. The van der Waals surface area contributed by atoms with Crippen molar-refractivity contribution in [2.45, 2.75) is 25.6 Å². The Labute approximate surface area is 78.6 Å². The number of hydrogen-bond acceptors (Lipinski definition) is 4. The molecule has 0 spiro atoms. The number of nitrogens with one attached hydrogen (secondary N) is 1. The molecule has 2 atom stereocenters. The Hall–Kier alpha value is 0.230. The highest BCUT2D eigenvalue weighted by Crippen LogP contribution is 2.08. The van der Waals surface area contributed by atoms with E-state index < -0.39 is 5.60 Å². The SMILES string of the molecule is CSCC(C)(O)CNCC(C)O. The highest BCUT2D eigenvalue weighted by atomic mass is 32.2. The van der Waals surface area contributed by atoms with Crippen LogP contribution in [0.5, 0.6) is 0 Å². The molecule has 0 rings (SSSR count). The molecule has 0 radical (unpaired) electrons. The van der Waals surface area contributed by atoms with E-state index in [1.54, 1.807) is 25.6 Å². The highest BCUT2D eigenvalue weighted by molar-refractivity contribution is 7.98. The lowest BCUT2D eigenvalue weighted by molar-refractivity contribution is 0.0800. The summed E-state index contributed by atoms with van der Waals surface area (Å²) in [6.45, 7) is 4.57. The van der Waals surface area contributed by atoms with Gasteiger partial charge in [0.1, 0.15) is 0 Å². The summed E-state index contributed by atoms with van der Waals surface area (Å²) >= 11 is 1.61. The second kappa shape index (κ2) is 5.80. The van der Waals surface area contributed by atoms with E-state index in [1.165, 1.54) is 0 Å². The smallest absolute Gasteiger partial charge is 0.0833 e.